The van der Waals surface area contributed by atoms with Crippen LogP contribution in [0.1, 0.15) is 15.4 Å². The first kappa shape index (κ1) is 8.96. The molecular weight excluding hydrogens is 251 g/mol. The third-order valence-corrected chi connectivity index (χ3v) is 2.84. The topological polar surface area (TPSA) is 42.0 Å². The molecule has 1 rings (SSSR count). The van der Waals surface area contributed by atoms with Crippen molar-refractivity contribution in [3.63, 3.8) is 0 Å². The number of aryl methyl sites for hydroxylation is 1. The molecule has 0 aromatic carbocycles. The maximum Gasteiger partial charge on any atom is 0.277 e. The van der Waals surface area contributed by atoms with Gasteiger partial charge >= 0.3 is 0 Å². The number of rotatable bonds is 1. The lowest BCUT2D eigenvalue weighted by molar-refractivity contribution is 0.0985. The van der Waals surface area contributed by atoms with Gasteiger partial charge in [-0.15, -0.1) is 11.3 Å². The zero-order chi connectivity index (χ0) is 8.43. The third kappa shape index (κ3) is 1.91. The summed E-state index contributed by atoms with van der Waals surface area (Å²) in [5.74, 6) is -0.313. The zero-order valence-corrected chi connectivity index (χ0v) is 8.68. The number of thiazole rings is 1. The van der Waals surface area contributed by atoms with E-state index in [1.54, 1.807) is 6.92 Å². The molecule has 1 N–H and O–H groups in total. The Kier molecular flexibility index (Phi) is 2.86. The number of aromatic nitrogens is 1. The fourth-order valence-corrected chi connectivity index (χ4v) is 2.21. The summed E-state index contributed by atoms with van der Waals surface area (Å²) in [6, 6.07) is 0. The lowest BCUT2D eigenvalue weighted by Crippen LogP contribution is -2.11. The van der Waals surface area contributed by atoms with E-state index in [1.807, 2.05) is 4.84 Å². The number of carbonyl (C=O) groups is 1. The van der Waals surface area contributed by atoms with Gasteiger partial charge in [0.2, 0.25) is 0 Å². The third-order valence-electron chi connectivity index (χ3n) is 1.06. The molecule has 0 saturated carbocycles. The minimum atomic E-state index is -0.313. The summed E-state index contributed by atoms with van der Waals surface area (Å²) in [5.41, 5.74) is 0.681. The highest BCUT2D eigenvalue weighted by molar-refractivity contribution is 9.11. The predicted molar refractivity (Wildman–Crippen MR) is 47.9 cm³/mol. The molecule has 0 aliphatic heterocycles. The van der Waals surface area contributed by atoms with Gasteiger partial charge in [-0.3, -0.25) is 9.63 Å². The van der Waals surface area contributed by atoms with Crippen molar-refractivity contribution < 1.29 is 4.79 Å². The van der Waals surface area contributed by atoms with Crippen LogP contribution in [0.3, 0.4) is 0 Å². The van der Waals surface area contributed by atoms with Crippen LogP contribution in [0.2, 0.25) is 0 Å². The fourth-order valence-electron chi connectivity index (χ4n) is 0.617. The molecule has 0 spiro atoms. The quantitative estimate of drug-likeness (QED) is 0.781. The van der Waals surface area contributed by atoms with Crippen molar-refractivity contribution in [2.45, 2.75) is 6.92 Å². The van der Waals surface area contributed by atoms with Crippen molar-refractivity contribution in [1.29, 1.82) is 0 Å². The maximum atomic E-state index is 11.0. The molecule has 0 fully saturated rings. The van der Waals surface area contributed by atoms with E-state index in [4.69, 9.17) is 11.8 Å². The highest BCUT2D eigenvalue weighted by Crippen LogP contribution is 2.22. The van der Waals surface area contributed by atoms with E-state index < -0.39 is 0 Å². The Bertz CT molecular complexity index is 288. The first-order valence-corrected chi connectivity index (χ1v) is 4.68. The summed E-state index contributed by atoms with van der Waals surface area (Å²) in [4.78, 5) is 17.5. The van der Waals surface area contributed by atoms with Gasteiger partial charge in [-0.05, 0) is 22.9 Å². The van der Waals surface area contributed by atoms with Crippen molar-refractivity contribution in [3.05, 3.63) is 14.5 Å². The molecule has 1 aromatic heterocycles. The molecule has 0 atom stereocenters. The van der Waals surface area contributed by atoms with E-state index in [0.717, 1.165) is 0 Å². The Morgan fingerprint density at radius 1 is 1.82 bits per heavy atom. The van der Waals surface area contributed by atoms with E-state index in [-0.39, 0.29) is 5.91 Å². The van der Waals surface area contributed by atoms with Gasteiger partial charge in [0.05, 0.1) is 5.69 Å². The minimum Gasteiger partial charge on any atom is -0.267 e. The Labute approximate surface area is 81.0 Å². The molecule has 0 radical (unpaired) electrons. The average Bonchev–Trinajstić information content (AvgIpc) is 2.28. The van der Waals surface area contributed by atoms with E-state index >= 15 is 0 Å². The van der Waals surface area contributed by atoms with Crippen LogP contribution < -0.4 is 4.84 Å². The molecule has 0 saturated heterocycles. The Morgan fingerprint density at radius 3 is 2.82 bits per heavy atom. The number of amides is 1. The van der Waals surface area contributed by atoms with Crippen molar-refractivity contribution >= 4 is 45.0 Å². The number of hydrogen-bond donors (Lipinski definition) is 1. The van der Waals surface area contributed by atoms with Crippen molar-refractivity contribution in [2.75, 3.05) is 0 Å². The summed E-state index contributed by atoms with van der Waals surface area (Å²) in [5, 5.41) is 0. The minimum absolute atomic E-state index is 0.313. The fraction of sp³-hybridized carbons (Fsp3) is 0.200. The van der Waals surface area contributed by atoms with Crippen LogP contribution in [-0.2, 0) is 0 Å². The summed E-state index contributed by atoms with van der Waals surface area (Å²) >= 11 is 9.55. The molecule has 1 amide bonds. The van der Waals surface area contributed by atoms with Crippen LogP contribution in [0.15, 0.2) is 3.92 Å². The first-order chi connectivity index (χ1) is 5.15. The molecule has 11 heavy (non-hydrogen) atoms. The van der Waals surface area contributed by atoms with Gasteiger partial charge in [-0.2, -0.15) is 0 Å². The summed E-state index contributed by atoms with van der Waals surface area (Å²) in [6.07, 6.45) is 0. The van der Waals surface area contributed by atoms with Gasteiger partial charge in [-0.25, -0.2) is 4.98 Å². The van der Waals surface area contributed by atoms with Crippen molar-refractivity contribution in [1.82, 2.24) is 9.82 Å². The Morgan fingerprint density at radius 2 is 2.45 bits per heavy atom. The SMILES string of the molecule is Cc1nc(Br)sc1C(=O)NCl. The van der Waals surface area contributed by atoms with E-state index in [2.05, 4.69) is 20.9 Å². The van der Waals surface area contributed by atoms with Gasteiger partial charge < -0.3 is 0 Å². The highest BCUT2D eigenvalue weighted by atomic mass is 79.9. The number of nitrogens with zero attached hydrogens (tertiary/aromatic N) is 1. The van der Waals surface area contributed by atoms with Gasteiger partial charge in [0, 0.05) is 11.8 Å². The molecule has 0 bridgehead atoms. The molecule has 6 heteroatoms. The Balaban J connectivity index is 3.03. The molecular formula is C5H4BrClN2OS. The molecule has 1 aromatic rings. The first-order valence-electron chi connectivity index (χ1n) is 2.69. The largest absolute Gasteiger partial charge is 0.277 e. The second-order valence-electron chi connectivity index (χ2n) is 1.80. The van der Waals surface area contributed by atoms with E-state index in [9.17, 15) is 4.79 Å². The lowest BCUT2D eigenvalue weighted by Gasteiger charge is -1.91. The van der Waals surface area contributed by atoms with Gasteiger partial charge in [0.25, 0.3) is 5.91 Å². The van der Waals surface area contributed by atoms with Crippen LogP contribution in [0.25, 0.3) is 0 Å². The van der Waals surface area contributed by atoms with Crippen LogP contribution in [0.4, 0.5) is 0 Å². The molecule has 1 heterocycles. The molecule has 0 aliphatic carbocycles. The van der Waals surface area contributed by atoms with Gasteiger partial charge in [0.1, 0.15) is 4.88 Å². The average molecular weight is 256 g/mol. The molecule has 3 nitrogen and oxygen atoms in total. The summed E-state index contributed by atoms with van der Waals surface area (Å²) in [6.45, 7) is 1.75. The Hall–Kier alpha value is -0.130. The van der Waals surface area contributed by atoms with Gasteiger partial charge in [-0.1, -0.05) is 0 Å². The molecule has 60 valence electrons. The van der Waals surface area contributed by atoms with Crippen molar-refractivity contribution in [2.24, 2.45) is 0 Å². The number of carbonyl (C=O) groups excluding carboxylic acids is 1. The number of nitrogens with one attached hydrogen (secondary N) is 1. The van der Waals surface area contributed by atoms with Crippen molar-refractivity contribution in [3.8, 4) is 0 Å². The smallest absolute Gasteiger partial charge is 0.267 e. The molecule has 0 unspecified atom stereocenters. The second-order valence-corrected chi connectivity index (χ2v) is 4.27. The van der Waals surface area contributed by atoms with Crippen LogP contribution in [0, 0.1) is 6.92 Å². The normalized spacial score (nSPS) is 9.73. The lowest BCUT2D eigenvalue weighted by atomic mass is 10.4. The molecule has 0 aliphatic rings. The van der Waals surface area contributed by atoms with Crippen LogP contribution in [-0.4, -0.2) is 10.9 Å². The van der Waals surface area contributed by atoms with E-state index in [0.29, 0.717) is 14.5 Å². The number of hydrogen-bond acceptors (Lipinski definition) is 3. The van der Waals surface area contributed by atoms with Crippen LogP contribution >= 0.6 is 39.0 Å². The standard InChI is InChI=1S/C5H4BrClN2OS/c1-2-3(4(10)9-7)11-5(6)8-2/h1H3,(H,9,10). The number of halogens is 2. The van der Waals surface area contributed by atoms with Crippen LogP contribution in [0.5, 0.6) is 0 Å². The summed E-state index contributed by atoms with van der Waals surface area (Å²) < 4.78 is 0.685. The van der Waals surface area contributed by atoms with Gasteiger partial charge in [0.15, 0.2) is 3.92 Å². The van der Waals surface area contributed by atoms with E-state index in [1.165, 1.54) is 11.3 Å². The predicted octanol–water partition coefficient (Wildman–Crippen LogP) is 2.10. The maximum absolute atomic E-state index is 11.0. The highest BCUT2D eigenvalue weighted by Gasteiger charge is 2.12. The second kappa shape index (κ2) is 3.51. The zero-order valence-electron chi connectivity index (χ0n) is 5.52. The monoisotopic (exact) mass is 254 g/mol. The summed E-state index contributed by atoms with van der Waals surface area (Å²) in [7, 11) is 0.